The summed E-state index contributed by atoms with van der Waals surface area (Å²) >= 11 is 6.07. The van der Waals surface area contributed by atoms with E-state index in [2.05, 4.69) is 18.7 Å². The Hall–Kier alpha value is -0.770. The molecule has 1 saturated heterocycles. The van der Waals surface area contributed by atoms with Gasteiger partial charge in [0.1, 0.15) is 12.4 Å². The lowest BCUT2D eigenvalue weighted by molar-refractivity contribution is 0.123. The molecule has 1 aromatic carbocycles. The van der Waals surface area contributed by atoms with Crippen molar-refractivity contribution in [2.45, 2.75) is 38.8 Å². The molecule has 3 nitrogen and oxygen atoms in total. The Labute approximate surface area is 127 Å². The molecule has 1 aliphatic rings. The minimum atomic E-state index is 0.0839. The van der Waals surface area contributed by atoms with Crippen LogP contribution < -0.4 is 10.5 Å². The number of nitrogens with zero attached hydrogens (tertiary/aromatic N) is 1. The Balaban J connectivity index is 1.79. The quantitative estimate of drug-likeness (QED) is 0.907. The second kappa shape index (κ2) is 7.30. The molecule has 2 N–H and O–H groups in total. The molecule has 1 unspecified atom stereocenters. The van der Waals surface area contributed by atoms with Gasteiger partial charge in [0, 0.05) is 12.1 Å². The van der Waals surface area contributed by atoms with Crippen molar-refractivity contribution in [3.8, 4) is 5.75 Å². The second-order valence-electron chi connectivity index (χ2n) is 5.87. The lowest BCUT2D eigenvalue weighted by atomic mass is 9.90. The Kier molecular flexibility index (Phi) is 5.70. The van der Waals surface area contributed by atoms with Crippen molar-refractivity contribution in [2.75, 3.05) is 19.7 Å². The highest BCUT2D eigenvalue weighted by atomic mass is 35.5. The zero-order valence-corrected chi connectivity index (χ0v) is 13.1. The monoisotopic (exact) mass is 296 g/mol. The molecule has 1 heterocycles. The number of hydrogen-bond donors (Lipinski definition) is 1. The number of benzene rings is 1. The van der Waals surface area contributed by atoms with E-state index in [1.54, 1.807) is 0 Å². The SMILES string of the molecule is CC(C)N1CCC(C(N)COc2ccccc2Cl)CC1. The minimum absolute atomic E-state index is 0.0839. The lowest BCUT2D eigenvalue weighted by Gasteiger charge is -2.36. The molecule has 4 heteroatoms. The highest BCUT2D eigenvalue weighted by Crippen LogP contribution is 2.25. The van der Waals surface area contributed by atoms with Gasteiger partial charge < -0.3 is 15.4 Å². The van der Waals surface area contributed by atoms with Gasteiger partial charge in [-0.2, -0.15) is 0 Å². The predicted molar refractivity (Wildman–Crippen MR) is 84.4 cm³/mol. The molecule has 0 radical (unpaired) electrons. The van der Waals surface area contributed by atoms with Gasteiger partial charge in [-0.15, -0.1) is 0 Å². The number of halogens is 1. The first-order valence-electron chi connectivity index (χ1n) is 7.45. The number of likely N-dealkylation sites (tertiary alicyclic amines) is 1. The largest absolute Gasteiger partial charge is 0.490 e. The van der Waals surface area contributed by atoms with E-state index in [1.165, 1.54) is 0 Å². The van der Waals surface area contributed by atoms with E-state index in [0.717, 1.165) is 31.7 Å². The molecule has 1 atom stereocenters. The second-order valence-corrected chi connectivity index (χ2v) is 6.28. The third-order valence-electron chi connectivity index (χ3n) is 4.18. The molecule has 0 aliphatic carbocycles. The van der Waals surface area contributed by atoms with Gasteiger partial charge >= 0.3 is 0 Å². The van der Waals surface area contributed by atoms with Crippen molar-refractivity contribution < 1.29 is 4.74 Å². The Morgan fingerprint density at radius 2 is 1.95 bits per heavy atom. The summed E-state index contributed by atoms with van der Waals surface area (Å²) in [5, 5.41) is 0.648. The van der Waals surface area contributed by atoms with Crippen LogP contribution in [0, 0.1) is 5.92 Å². The van der Waals surface area contributed by atoms with Gasteiger partial charge in [0.2, 0.25) is 0 Å². The van der Waals surface area contributed by atoms with Crippen LogP contribution in [0.25, 0.3) is 0 Å². The van der Waals surface area contributed by atoms with Crippen LogP contribution in [0.4, 0.5) is 0 Å². The van der Waals surface area contributed by atoms with Crippen LogP contribution in [-0.2, 0) is 0 Å². The fraction of sp³-hybridized carbons (Fsp3) is 0.625. The van der Waals surface area contributed by atoms with Crippen LogP contribution in [0.3, 0.4) is 0 Å². The van der Waals surface area contributed by atoms with Crippen LogP contribution in [-0.4, -0.2) is 36.7 Å². The topological polar surface area (TPSA) is 38.5 Å². The zero-order chi connectivity index (χ0) is 14.5. The fourth-order valence-electron chi connectivity index (χ4n) is 2.75. The van der Waals surface area contributed by atoms with Crippen LogP contribution in [0.5, 0.6) is 5.75 Å². The molecule has 1 fully saturated rings. The Bertz CT molecular complexity index is 417. The van der Waals surface area contributed by atoms with Crippen LogP contribution in [0.2, 0.25) is 5.02 Å². The molecule has 0 aromatic heterocycles. The van der Waals surface area contributed by atoms with E-state index in [1.807, 2.05) is 24.3 Å². The summed E-state index contributed by atoms with van der Waals surface area (Å²) in [5.74, 6) is 1.27. The molecule has 0 spiro atoms. The first-order valence-corrected chi connectivity index (χ1v) is 7.82. The van der Waals surface area contributed by atoms with Gasteiger partial charge in [0.15, 0.2) is 0 Å². The first kappa shape index (κ1) is 15.6. The van der Waals surface area contributed by atoms with Gasteiger partial charge in [-0.3, -0.25) is 0 Å². The molecule has 1 aliphatic heterocycles. The molecule has 0 amide bonds. The van der Waals surface area contributed by atoms with Gasteiger partial charge in [-0.25, -0.2) is 0 Å². The number of rotatable bonds is 5. The zero-order valence-electron chi connectivity index (χ0n) is 12.4. The van der Waals surface area contributed by atoms with Crippen molar-refractivity contribution in [3.63, 3.8) is 0 Å². The van der Waals surface area contributed by atoms with Crippen molar-refractivity contribution in [1.82, 2.24) is 4.90 Å². The van der Waals surface area contributed by atoms with Crippen LogP contribution >= 0.6 is 11.6 Å². The molecular formula is C16H25ClN2O. The lowest BCUT2D eigenvalue weighted by Crippen LogP contribution is -2.45. The summed E-state index contributed by atoms with van der Waals surface area (Å²) in [6.07, 6.45) is 2.32. The average molecular weight is 297 g/mol. The smallest absolute Gasteiger partial charge is 0.137 e. The summed E-state index contributed by atoms with van der Waals surface area (Å²) in [7, 11) is 0. The number of ether oxygens (including phenoxy) is 1. The van der Waals surface area contributed by atoms with Gasteiger partial charge in [0.05, 0.1) is 5.02 Å². The van der Waals surface area contributed by atoms with E-state index in [0.29, 0.717) is 23.6 Å². The third-order valence-corrected chi connectivity index (χ3v) is 4.49. The maximum Gasteiger partial charge on any atom is 0.137 e. The van der Waals surface area contributed by atoms with E-state index in [9.17, 15) is 0 Å². The maximum atomic E-state index is 6.28. The van der Waals surface area contributed by atoms with Crippen molar-refractivity contribution in [3.05, 3.63) is 29.3 Å². The van der Waals surface area contributed by atoms with E-state index >= 15 is 0 Å². The van der Waals surface area contributed by atoms with Crippen molar-refractivity contribution >= 4 is 11.6 Å². The summed E-state index contributed by atoms with van der Waals surface area (Å²) in [6.45, 7) is 7.32. The molecular weight excluding hydrogens is 272 g/mol. The standard InChI is InChI=1S/C16H25ClN2O/c1-12(2)19-9-7-13(8-10-19)15(18)11-20-16-6-4-3-5-14(16)17/h3-6,12-13,15H,7-11,18H2,1-2H3. The van der Waals surface area contributed by atoms with Gasteiger partial charge in [0.25, 0.3) is 0 Å². The fourth-order valence-corrected chi connectivity index (χ4v) is 2.94. The van der Waals surface area contributed by atoms with E-state index in [-0.39, 0.29) is 6.04 Å². The number of para-hydroxylation sites is 1. The third kappa shape index (κ3) is 4.11. The van der Waals surface area contributed by atoms with Gasteiger partial charge in [-0.1, -0.05) is 23.7 Å². The summed E-state index contributed by atoms with van der Waals surface area (Å²) in [6, 6.07) is 8.26. The number of hydrogen-bond acceptors (Lipinski definition) is 3. The number of nitrogens with two attached hydrogens (primary N) is 1. The normalized spacial score (nSPS) is 19.2. The Morgan fingerprint density at radius 1 is 1.30 bits per heavy atom. The minimum Gasteiger partial charge on any atom is -0.490 e. The van der Waals surface area contributed by atoms with Crippen LogP contribution in [0.1, 0.15) is 26.7 Å². The number of piperidine rings is 1. The summed E-state index contributed by atoms with van der Waals surface area (Å²) in [4.78, 5) is 2.51. The van der Waals surface area contributed by atoms with Gasteiger partial charge in [-0.05, 0) is 57.8 Å². The maximum absolute atomic E-state index is 6.28. The highest BCUT2D eigenvalue weighted by Gasteiger charge is 2.25. The van der Waals surface area contributed by atoms with Crippen molar-refractivity contribution in [1.29, 1.82) is 0 Å². The highest BCUT2D eigenvalue weighted by molar-refractivity contribution is 6.32. The molecule has 20 heavy (non-hydrogen) atoms. The molecule has 112 valence electrons. The average Bonchev–Trinajstić information content (AvgIpc) is 2.46. The molecule has 2 rings (SSSR count). The van der Waals surface area contributed by atoms with E-state index < -0.39 is 0 Å². The summed E-state index contributed by atoms with van der Waals surface area (Å²) in [5.41, 5.74) is 6.28. The molecule has 1 aromatic rings. The predicted octanol–water partition coefficient (Wildman–Crippen LogP) is 3.17. The first-order chi connectivity index (χ1) is 9.58. The molecule has 0 saturated carbocycles. The molecule has 0 bridgehead atoms. The van der Waals surface area contributed by atoms with E-state index in [4.69, 9.17) is 22.1 Å². The van der Waals surface area contributed by atoms with Crippen molar-refractivity contribution in [2.24, 2.45) is 11.7 Å². The van der Waals surface area contributed by atoms with Crippen LogP contribution in [0.15, 0.2) is 24.3 Å². The Morgan fingerprint density at radius 3 is 2.55 bits per heavy atom. The summed E-state index contributed by atoms with van der Waals surface area (Å²) < 4.78 is 5.76.